The van der Waals surface area contributed by atoms with Gasteiger partial charge in [-0.15, -0.1) is 0 Å². The molecule has 0 saturated carbocycles. The van der Waals surface area contributed by atoms with E-state index in [1.54, 1.807) is 0 Å². The molecule has 1 amide bonds. The van der Waals surface area contributed by atoms with E-state index >= 15 is 0 Å². The van der Waals surface area contributed by atoms with Gasteiger partial charge < -0.3 is 4.74 Å². The number of carbonyl (C=O) groups is 1. The molecule has 3 N–H and O–H groups in total. The molecule has 0 radical (unpaired) electrons. The summed E-state index contributed by atoms with van der Waals surface area (Å²) < 4.78 is 5.51. The van der Waals surface area contributed by atoms with Crippen molar-refractivity contribution in [3.63, 3.8) is 0 Å². The standard InChI is InChI=1S/C12H18N2O2/c1-2-3-8-16-11-6-4-10(5-7-11)9-12(15)14-13/h4-7H,2-3,8-9,13H2,1H3,(H,14,15). The molecule has 4 heteroatoms. The molecule has 1 aromatic rings. The molecule has 0 aliphatic heterocycles. The zero-order valence-corrected chi connectivity index (χ0v) is 9.53. The lowest BCUT2D eigenvalue weighted by molar-refractivity contribution is -0.120. The number of amides is 1. The van der Waals surface area contributed by atoms with E-state index in [1.807, 2.05) is 24.3 Å². The fourth-order valence-electron chi connectivity index (χ4n) is 1.27. The van der Waals surface area contributed by atoms with Crippen molar-refractivity contribution in [3.8, 4) is 5.75 Å². The highest BCUT2D eigenvalue weighted by Crippen LogP contribution is 2.12. The average molecular weight is 222 g/mol. The van der Waals surface area contributed by atoms with Crippen LogP contribution < -0.4 is 16.0 Å². The van der Waals surface area contributed by atoms with Gasteiger partial charge in [0.2, 0.25) is 5.91 Å². The number of hydrogen-bond acceptors (Lipinski definition) is 3. The van der Waals surface area contributed by atoms with Crippen LogP contribution in [0.25, 0.3) is 0 Å². The normalized spacial score (nSPS) is 9.88. The predicted molar refractivity (Wildman–Crippen MR) is 62.9 cm³/mol. The molecule has 1 aromatic carbocycles. The molecule has 0 fully saturated rings. The van der Waals surface area contributed by atoms with E-state index in [0.29, 0.717) is 6.42 Å². The Balaban J connectivity index is 2.44. The second-order valence-electron chi connectivity index (χ2n) is 3.59. The Morgan fingerprint density at radius 1 is 1.38 bits per heavy atom. The van der Waals surface area contributed by atoms with Crippen molar-refractivity contribution < 1.29 is 9.53 Å². The number of nitrogens with two attached hydrogens (primary N) is 1. The van der Waals surface area contributed by atoms with Gasteiger partial charge in [0.1, 0.15) is 5.75 Å². The average Bonchev–Trinajstić information content (AvgIpc) is 2.31. The quantitative estimate of drug-likeness (QED) is 0.331. The van der Waals surface area contributed by atoms with Crippen molar-refractivity contribution in [1.82, 2.24) is 5.43 Å². The van der Waals surface area contributed by atoms with Gasteiger partial charge in [0.05, 0.1) is 13.0 Å². The lowest BCUT2D eigenvalue weighted by Crippen LogP contribution is -2.31. The smallest absolute Gasteiger partial charge is 0.238 e. The van der Waals surface area contributed by atoms with Crippen molar-refractivity contribution in [2.75, 3.05) is 6.61 Å². The third kappa shape index (κ3) is 4.31. The van der Waals surface area contributed by atoms with Crippen LogP contribution in [0.3, 0.4) is 0 Å². The number of unbranched alkanes of at least 4 members (excludes halogenated alkanes) is 1. The molecular weight excluding hydrogens is 204 g/mol. The van der Waals surface area contributed by atoms with Gasteiger partial charge in [0.25, 0.3) is 0 Å². The monoisotopic (exact) mass is 222 g/mol. The number of rotatable bonds is 6. The van der Waals surface area contributed by atoms with Crippen molar-refractivity contribution in [1.29, 1.82) is 0 Å². The molecule has 0 aliphatic carbocycles. The number of benzene rings is 1. The van der Waals surface area contributed by atoms with Gasteiger partial charge in [-0.25, -0.2) is 5.84 Å². The van der Waals surface area contributed by atoms with Crippen molar-refractivity contribution in [2.24, 2.45) is 5.84 Å². The number of nitrogens with one attached hydrogen (secondary N) is 1. The molecule has 88 valence electrons. The molecule has 1 rings (SSSR count). The van der Waals surface area contributed by atoms with Gasteiger partial charge in [-0.2, -0.15) is 0 Å². The number of hydrazine groups is 1. The van der Waals surface area contributed by atoms with Crippen LogP contribution in [0.15, 0.2) is 24.3 Å². The van der Waals surface area contributed by atoms with Crippen LogP contribution in [-0.2, 0) is 11.2 Å². The van der Waals surface area contributed by atoms with E-state index in [4.69, 9.17) is 10.6 Å². The minimum Gasteiger partial charge on any atom is -0.494 e. The summed E-state index contributed by atoms with van der Waals surface area (Å²) in [5, 5.41) is 0. The van der Waals surface area contributed by atoms with E-state index in [9.17, 15) is 4.79 Å². The van der Waals surface area contributed by atoms with Crippen LogP contribution in [0.4, 0.5) is 0 Å². The Bertz CT molecular complexity index is 322. The highest BCUT2D eigenvalue weighted by atomic mass is 16.5. The van der Waals surface area contributed by atoms with E-state index in [0.717, 1.165) is 30.8 Å². The minimum atomic E-state index is -0.195. The SMILES string of the molecule is CCCCOc1ccc(CC(=O)NN)cc1. The molecule has 0 saturated heterocycles. The number of carbonyl (C=O) groups excluding carboxylic acids is 1. The summed E-state index contributed by atoms with van der Waals surface area (Å²) in [4.78, 5) is 11.0. The predicted octanol–water partition coefficient (Wildman–Crippen LogP) is 1.40. The second kappa shape index (κ2) is 6.85. The Kier molecular flexibility index (Phi) is 5.36. The Morgan fingerprint density at radius 2 is 2.06 bits per heavy atom. The highest BCUT2D eigenvalue weighted by Gasteiger charge is 2.01. The zero-order chi connectivity index (χ0) is 11.8. The summed E-state index contributed by atoms with van der Waals surface area (Å²) in [7, 11) is 0. The van der Waals surface area contributed by atoms with Crippen LogP contribution in [0.2, 0.25) is 0 Å². The van der Waals surface area contributed by atoms with Crippen LogP contribution in [0.1, 0.15) is 25.3 Å². The van der Waals surface area contributed by atoms with Crippen LogP contribution in [-0.4, -0.2) is 12.5 Å². The molecule has 0 aromatic heterocycles. The number of ether oxygens (including phenoxy) is 1. The summed E-state index contributed by atoms with van der Waals surface area (Å²) in [5.74, 6) is 5.65. The first kappa shape index (κ1) is 12.5. The second-order valence-corrected chi connectivity index (χ2v) is 3.59. The summed E-state index contributed by atoms with van der Waals surface area (Å²) >= 11 is 0. The lowest BCUT2D eigenvalue weighted by Gasteiger charge is -2.06. The first-order chi connectivity index (χ1) is 7.76. The molecule has 0 aliphatic rings. The van der Waals surface area contributed by atoms with Gasteiger partial charge in [-0.1, -0.05) is 25.5 Å². The molecule has 0 atom stereocenters. The molecule has 0 bridgehead atoms. The van der Waals surface area contributed by atoms with Gasteiger partial charge >= 0.3 is 0 Å². The number of hydrogen-bond donors (Lipinski definition) is 2. The lowest BCUT2D eigenvalue weighted by atomic mass is 10.1. The Labute approximate surface area is 95.8 Å². The molecule has 4 nitrogen and oxygen atoms in total. The Morgan fingerprint density at radius 3 is 2.62 bits per heavy atom. The van der Waals surface area contributed by atoms with Crippen LogP contribution in [0.5, 0.6) is 5.75 Å². The summed E-state index contributed by atoms with van der Waals surface area (Å²) in [6, 6.07) is 7.48. The molecule has 0 spiro atoms. The zero-order valence-electron chi connectivity index (χ0n) is 9.53. The van der Waals surface area contributed by atoms with Gasteiger partial charge in [0.15, 0.2) is 0 Å². The van der Waals surface area contributed by atoms with Crippen LogP contribution in [0, 0.1) is 0 Å². The Hall–Kier alpha value is -1.55. The maximum Gasteiger partial charge on any atom is 0.238 e. The third-order valence-corrected chi connectivity index (χ3v) is 2.22. The van der Waals surface area contributed by atoms with Crippen molar-refractivity contribution in [2.45, 2.75) is 26.2 Å². The topological polar surface area (TPSA) is 64.3 Å². The summed E-state index contributed by atoms with van der Waals surface area (Å²) in [5.41, 5.74) is 3.02. The first-order valence-corrected chi connectivity index (χ1v) is 5.47. The third-order valence-electron chi connectivity index (χ3n) is 2.22. The van der Waals surface area contributed by atoms with E-state index in [1.165, 1.54) is 0 Å². The first-order valence-electron chi connectivity index (χ1n) is 5.47. The van der Waals surface area contributed by atoms with E-state index in [2.05, 4.69) is 12.3 Å². The van der Waals surface area contributed by atoms with Crippen molar-refractivity contribution >= 4 is 5.91 Å². The van der Waals surface area contributed by atoms with Gasteiger partial charge in [-0.05, 0) is 24.1 Å². The maximum absolute atomic E-state index is 11.0. The molecule has 0 heterocycles. The van der Waals surface area contributed by atoms with E-state index in [-0.39, 0.29) is 5.91 Å². The fraction of sp³-hybridized carbons (Fsp3) is 0.417. The fourth-order valence-corrected chi connectivity index (χ4v) is 1.27. The summed E-state index contributed by atoms with van der Waals surface area (Å²) in [6.07, 6.45) is 2.47. The molecule has 0 unspecified atom stereocenters. The largest absolute Gasteiger partial charge is 0.494 e. The van der Waals surface area contributed by atoms with Crippen molar-refractivity contribution in [3.05, 3.63) is 29.8 Å². The maximum atomic E-state index is 11.0. The highest BCUT2D eigenvalue weighted by molar-refractivity contribution is 5.77. The summed E-state index contributed by atoms with van der Waals surface area (Å²) in [6.45, 7) is 2.86. The molecular formula is C12H18N2O2. The van der Waals surface area contributed by atoms with E-state index < -0.39 is 0 Å². The van der Waals surface area contributed by atoms with Gasteiger partial charge in [-0.3, -0.25) is 10.2 Å². The molecule has 16 heavy (non-hydrogen) atoms. The van der Waals surface area contributed by atoms with Crippen LogP contribution >= 0.6 is 0 Å². The minimum absolute atomic E-state index is 0.195. The van der Waals surface area contributed by atoms with Gasteiger partial charge in [0, 0.05) is 0 Å².